The monoisotopic (exact) mass is 213 g/mol. The van der Waals surface area contributed by atoms with Crippen LogP contribution >= 0.6 is 0 Å². The van der Waals surface area contributed by atoms with Crippen molar-refractivity contribution in [1.29, 1.82) is 0 Å². The molecule has 1 saturated carbocycles. The molecule has 3 heteroatoms. The van der Waals surface area contributed by atoms with Gasteiger partial charge < -0.3 is 10.4 Å². The molecule has 0 bridgehead atoms. The van der Waals surface area contributed by atoms with Gasteiger partial charge in [0.05, 0.1) is 6.42 Å². The average molecular weight is 213 g/mol. The molecule has 0 aromatic rings. The van der Waals surface area contributed by atoms with Crippen molar-refractivity contribution in [2.75, 3.05) is 6.54 Å². The van der Waals surface area contributed by atoms with Gasteiger partial charge in [0.15, 0.2) is 0 Å². The van der Waals surface area contributed by atoms with Crippen LogP contribution in [0.5, 0.6) is 0 Å². The lowest BCUT2D eigenvalue weighted by atomic mass is 9.73. The van der Waals surface area contributed by atoms with Crippen LogP contribution in [-0.4, -0.2) is 23.2 Å². The molecule has 3 nitrogen and oxygen atoms in total. The van der Waals surface area contributed by atoms with Gasteiger partial charge in [-0.15, -0.1) is 0 Å². The van der Waals surface area contributed by atoms with Gasteiger partial charge in [0.25, 0.3) is 0 Å². The molecule has 0 spiro atoms. The Morgan fingerprint density at radius 3 is 2.47 bits per heavy atom. The summed E-state index contributed by atoms with van der Waals surface area (Å²) in [5.41, 5.74) is -0.0879. The summed E-state index contributed by atoms with van der Waals surface area (Å²) in [5, 5.41) is 12.5. The molecule has 0 aromatic heterocycles. The molecule has 0 saturated heterocycles. The SMILES string of the molecule is CCCNC1(CC(=O)O)CCCC1(C)C. The maximum Gasteiger partial charge on any atom is 0.305 e. The first-order valence-corrected chi connectivity index (χ1v) is 5.90. The number of nitrogens with one attached hydrogen (secondary N) is 1. The maximum absolute atomic E-state index is 11.0. The van der Waals surface area contributed by atoms with Crippen molar-refractivity contribution in [2.24, 2.45) is 5.41 Å². The van der Waals surface area contributed by atoms with E-state index in [1.165, 1.54) is 0 Å². The lowest BCUT2D eigenvalue weighted by molar-refractivity contribution is -0.139. The first-order valence-electron chi connectivity index (χ1n) is 5.90. The Labute approximate surface area is 92.3 Å². The minimum atomic E-state index is -0.687. The van der Waals surface area contributed by atoms with Crippen molar-refractivity contribution >= 4 is 5.97 Å². The zero-order valence-electron chi connectivity index (χ0n) is 10.1. The molecule has 0 aromatic carbocycles. The number of carbonyl (C=O) groups is 1. The highest BCUT2D eigenvalue weighted by molar-refractivity contribution is 5.68. The third kappa shape index (κ3) is 2.51. The first kappa shape index (κ1) is 12.5. The van der Waals surface area contributed by atoms with Crippen LogP contribution in [-0.2, 0) is 4.79 Å². The fourth-order valence-corrected chi connectivity index (χ4v) is 2.75. The van der Waals surface area contributed by atoms with Crippen LogP contribution in [0.2, 0.25) is 0 Å². The summed E-state index contributed by atoms with van der Waals surface area (Å²) < 4.78 is 0. The molecule has 88 valence electrons. The Morgan fingerprint density at radius 1 is 1.40 bits per heavy atom. The van der Waals surface area contributed by atoms with Crippen molar-refractivity contribution in [3.8, 4) is 0 Å². The second-order valence-electron chi connectivity index (χ2n) is 5.32. The van der Waals surface area contributed by atoms with Gasteiger partial charge in [0, 0.05) is 5.54 Å². The fourth-order valence-electron chi connectivity index (χ4n) is 2.75. The van der Waals surface area contributed by atoms with Crippen molar-refractivity contribution in [2.45, 2.75) is 58.4 Å². The van der Waals surface area contributed by atoms with Gasteiger partial charge in [0.2, 0.25) is 0 Å². The van der Waals surface area contributed by atoms with Crippen molar-refractivity contribution < 1.29 is 9.90 Å². The predicted molar refractivity (Wildman–Crippen MR) is 60.9 cm³/mol. The van der Waals surface area contributed by atoms with Crippen molar-refractivity contribution in [3.63, 3.8) is 0 Å². The van der Waals surface area contributed by atoms with E-state index in [0.29, 0.717) is 0 Å². The summed E-state index contributed by atoms with van der Waals surface area (Å²) >= 11 is 0. The summed E-state index contributed by atoms with van der Waals surface area (Å²) in [6, 6.07) is 0. The molecule has 0 radical (unpaired) electrons. The molecule has 1 rings (SSSR count). The topological polar surface area (TPSA) is 49.3 Å². The first-order chi connectivity index (χ1) is 6.93. The Kier molecular flexibility index (Phi) is 3.77. The predicted octanol–water partition coefficient (Wildman–Crippen LogP) is 2.41. The van der Waals surface area contributed by atoms with E-state index in [-0.39, 0.29) is 17.4 Å². The molecule has 0 aliphatic heterocycles. The van der Waals surface area contributed by atoms with Crippen LogP contribution in [0, 0.1) is 5.41 Å². The summed E-state index contributed by atoms with van der Waals surface area (Å²) in [7, 11) is 0. The van der Waals surface area contributed by atoms with Crippen LogP contribution in [0.4, 0.5) is 0 Å². The molecule has 2 N–H and O–H groups in total. The lowest BCUT2D eigenvalue weighted by Gasteiger charge is -2.41. The average Bonchev–Trinajstić information content (AvgIpc) is 2.38. The van der Waals surface area contributed by atoms with Gasteiger partial charge in [-0.3, -0.25) is 4.79 Å². The van der Waals surface area contributed by atoms with Gasteiger partial charge in [-0.05, 0) is 31.2 Å². The maximum atomic E-state index is 11.0. The zero-order chi connectivity index (χ0) is 11.5. The summed E-state index contributed by atoms with van der Waals surface area (Å²) in [6.07, 6.45) is 4.55. The molecular formula is C12H23NO2. The van der Waals surface area contributed by atoms with E-state index in [4.69, 9.17) is 5.11 Å². The second-order valence-corrected chi connectivity index (χ2v) is 5.32. The highest BCUT2D eigenvalue weighted by Crippen LogP contribution is 2.47. The largest absolute Gasteiger partial charge is 0.481 e. The summed E-state index contributed by atoms with van der Waals surface area (Å²) in [5.74, 6) is -0.687. The molecule has 1 aliphatic carbocycles. The van der Waals surface area contributed by atoms with E-state index >= 15 is 0 Å². The minimum Gasteiger partial charge on any atom is -0.481 e. The van der Waals surface area contributed by atoms with Crippen LogP contribution in [0.3, 0.4) is 0 Å². The van der Waals surface area contributed by atoms with Crippen molar-refractivity contribution in [3.05, 3.63) is 0 Å². The fraction of sp³-hybridized carbons (Fsp3) is 0.917. The molecule has 1 unspecified atom stereocenters. The number of carboxylic acids is 1. The molecule has 1 atom stereocenters. The van der Waals surface area contributed by atoms with Crippen LogP contribution in [0.15, 0.2) is 0 Å². The summed E-state index contributed by atoms with van der Waals surface area (Å²) in [4.78, 5) is 11.0. The number of hydrogen-bond donors (Lipinski definition) is 2. The quantitative estimate of drug-likeness (QED) is 0.737. The number of rotatable bonds is 5. The summed E-state index contributed by atoms with van der Waals surface area (Å²) in [6.45, 7) is 7.40. The third-order valence-electron chi connectivity index (χ3n) is 3.87. The molecule has 15 heavy (non-hydrogen) atoms. The van der Waals surface area contributed by atoms with Crippen LogP contribution < -0.4 is 5.32 Å². The highest BCUT2D eigenvalue weighted by atomic mass is 16.4. The lowest BCUT2D eigenvalue weighted by Crippen LogP contribution is -2.54. The van der Waals surface area contributed by atoms with E-state index in [1.807, 2.05) is 0 Å². The number of hydrogen-bond acceptors (Lipinski definition) is 2. The Hall–Kier alpha value is -0.570. The Balaban J connectivity index is 2.80. The van der Waals surface area contributed by atoms with Crippen LogP contribution in [0.1, 0.15) is 52.9 Å². The van der Waals surface area contributed by atoms with Gasteiger partial charge in [-0.2, -0.15) is 0 Å². The van der Waals surface area contributed by atoms with E-state index < -0.39 is 5.97 Å². The number of aliphatic carboxylic acids is 1. The van der Waals surface area contributed by atoms with E-state index in [0.717, 1.165) is 32.2 Å². The van der Waals surface area contributed by atoms with Crippen molar-refractivity contribution in [1.82, 2.24) is 5.32 Å². The van der Waals surface area contributed by atoms with E-state index in [2.05, 4.69) is 26.1 Å². The number of carboxylic acid groups (broad SMARTS) is 1. The molecule has 0 heterocycles. The molecule has 1 aliphatic rings. The van der Waals surface area contributed by atoms with E-state index in [1.54, 1.807) is 0 Å². The second kappa shape index (κ2) is 4.52. The molecule has 1 fully saturated rings. The third-order valence-corrected chi connectivity index (χ3v) is 3.87. The van der Waals surface area contributed by atoms with Gasteiger partial charge in [-0.1, -0.05) is 27.2 Å². The minimum absolute atomic E-state index is 0.0978. The van der Waals surface area contributed by atoms with Gasteiger partial charge in [0.1, 0.15) is 0 Å². The Morgan fingerprint density at radius 2 is 2.07 bits per heavy atom. The van der Waals surface area contributed by atoms with Crippen LogP contribution in [0.25, 0.3) is 0 Å². The normalized spacial score (nSPS) is 29.3. The smallest absolute Gasteiger partial charge is 0.305 e. The highest BCUT2D eigenvalue weighted by Gasteiger charge is 2.49. The van der Waals surface area contributed by atoms with Gasteiger partial charge >= 0.3 is 5.97 Å². The zero-order valence-corrected chi connectivity index (χ0v) is 10.1. The van der Waals surface area contributed by atoms with Gasteiger partial charge in [-0.25, -0.2) is 0 Å². The van der Waals surface area contributed by atoms with E-state index in [9.17, 15) is 4.79 Å². The molecular weight excluding hydrogens is 190 g/mol. The standard InChI is InChI=1S/C12H23NO2/c1-4-8-13-12(9-10(14)15)7-5-6-11(12,2)3/h13H,4-9H2,1-3H3,(H,14,15). The molecule has 0 amide bonds. The Bertz CT molecular complexity index is 238.